The first-order valence-electron chi connectivity index (χ1n) is 8.48. The summed E-state index contributed by atoms with van der Waals surface area (Å²) in [7, 11) is 1.34. The van der Waals surface area contributed by atoms with Gasteiger partial charge in [-0.15, -0.1) is 0 Å². The molecule has 0 unspecified atom stereocenters. The number of likely N-dealkylation sites (tertiary alicyclic amines) is 1. The maximum atomic E-state index is 12.2. The fourth-order valence-corrected chi connectivity index (χ4v) is 4.06. The van der Waals surface area contributed by atoms with E-state index in [0.717, 1.165) is 25.7 Å². The largest absolute Gasteiger partial charge is 0.464 e. The molecule has 128 valence electrons. The van der Waals surface area contributed by atoms with Gasteiger partial charge < -0.3 is 9.47 Å². The van der Waals surface area contributed by atoms with E-state index in [0.29, 0.717) is 43.7 Å². The van der Waals surface area contributed by atoms with E-state index >= 15 is 0 Å². The summed E-state index contributed by atoms with van der Waals surface area (Å²) in [6.07, 6.45) is 4.90. The zero-order chi connectivity index (χ0) is 16.8. The Hall–Kier alpha value is -1.77. The first kappa shape index (κ1) is 17.6. The van der Waals surface area contributed by atoms with Gasteiger partial charge in [0.1, 0.15) is 6.04 Å². The molecule has 1 saturated heterocycles. The van der Waals surface area contributed by atoms with Gasteiger partial charge in [0.05, 0.1) is 19.8 Å². The number of nitrogens with zero attached hydrogens (tertiary/aromatic N) is 2. The van der Waals surface area contributed by atoms with E-state index in [2.05, 4.69) is 6.07 Å². The molecular weight excluding hydrogens is 296 g/mol. The SMILES string of the molecule is CCOC(=O)[C@@H]1C[C@H]2C[C@H](CCC#N)CC[C@H]2CN1C(=O)OC. The smallest absolute Gasteiger partial charge is 0.410 e. The standard InChI is InChI=1S/C17H26N2O4/c1-3-23-16(20)15-10-14-9-12(5-4-8-18)6-7-13(14)11-19(15)17(21)22-2/h12-15H,3-7,9-11H2,1-2H3/t12-,13+,14-,15+/m1/s1. The predicted octanol–water partition coefficient (Wildman–Crippen LogP) is 2.73. The highest BCUT2D eigenvalue weighted by Gasteiger charge is 2.44. The van der Waals surface area contributed by atoms with Gasteiger partial charge in [0.2, 0.25) is 0 Å². The van der Waals surface area contributed by atoms with E-state index in [4.69, 9.17) is 14.7 Å². The predicted molar refractivity (Wildman–Crippen MR) is 83.3 cm³/mol. The van der Waals surface area contributed by atoms with Crippen molar-refractivity contribution in [3.05, 3.63) is 0 Å². The van der Waals surface area contributed by atoms with Gasteiger partial charge in [-0.1, -0.05) is 6.42 Å². The minimum Gasteiger partial charge on any atom is -0.464 e. The molecule has 2 fully saturated rings. The van der Waals surface area contributed by atoms with Gasteiger partial charge >= 0.3 is 12.1 Å². The number of hydrogen-bond donors (Lipinski definition) is 0. The minimum atomic E-state index is -0.543. The number of hydrogen-bond acceptors (Lipinski definition) is 5. The third-order valence-electron chi connectivity index (χ3n) is 5.21. The lowest BCUT2D eigenvalue weighted by Crippen LogP contribution is -2.55. The van der Waals surface area contributed by atoms with Crippen molar-refractivity contribution in [1.82, 2.24) is 4.90 Å². The molecule has 1 saturated carbocycles. The Morgan fingerprint density at radius 3 is 2.70 bits per heavy atom. The minimum absolute atomic E-state index is 0.309. The third-order valence-corrected chi connectivity index (χ3v) is 5.21. The van der Waals surface area contributed by atoms with Crippen LogP contribution in [0.1, 0.15) is 45.4 Å². The first-order valence-corrected chi connectivity index (χ1v) is 8.48. The van der Waals surface area contributed by atoms with Crippen LogP contribution < -0.4 is 0 Å². The van der Waals surface area contributed by atoms with E-state index < -0.39 is 12.1 Å². The summed E-state index contributed by atoms with van der Waals surface area (Å²) >= 11 is 0. The van der Waals surface area contributed by atoms with Gasteiger partial charge in [-0.05, 0) is 50.4 Å². The van der Waals surface area contributed by atoms with Crippen molar-refractivity contribution in [2.24, 2.45) is 17.8 Å². The molecule has 1 aliphatic heterocycles. The van der Waals surface area contributed by atoms with Crippen molar-refractivity contribution >= 4 is 12.1 Å². The molecule has 2 rings (SSSR count). The first-order chi connectivity index (χ1) is 11.1. The van der Waals surface area contributed by atoms with Crippen LogP contribution in [0.3, 0.4) is 0 Å². The number of carbonyl (C=O) groups is 2. The zero-order valence-corrected chi connectivity index (χ0v) is 14.0. The molecule has 23 heavy (non-hydrogen) atoms. The Bertz CT molecular complexity index is 474. The maximum absolute atomic E-state index is 12.2. The zero-order valence-electron chi connectivity index (χ0n) is 14.0. The normalized spacial score (nSPS) is 30.0. The second-order valence-corrected chi connectivity index (χ2v) is 6.52. The molecule has 6 heteroatoms. The van der Waals surface area contributed by atoms with Crippen molar-refractivity contribution in [1.29, 1.82) is 5.26 Å². The van der Waals surface area contributed by atoms with Crippen LogP contribution in [-0.4, -0.2) is 43.3 Å². The molecule has 2 aliphatic rings. The Balaban J connectivity index is 2.06. The van der Waals surface area contributed by atoms with Crippen molar-refractivity contribution < 1.29 is 19.1 Å². The van der Waals surface area contributed by atoms with Gasteiger partial charge in [-0.25, -0.2) is 9.59 Å². The van der Waals surface area contributed by atoms with Gasteiger partial charge in [0.25, 0.3) is 0 Å². The maximum Gasteiger partial charge on any atom is 0.410 e. The van der Waals surface area contributed by atoms with Crippen molar-refractivity contribution in [3.63, 3.8) is 0 Å². The highest BCUT2D eigenvalue weighted by Crippen LogP contribution is 2.42. The second-order valence-electron chi connectivity index (χ2n) is 6.52. The Morgan fingerprint density at radius 1 is 1.26 bits per heavy atom. The lowest BCUT2D eigenvalue weighted by Gasteiger charge is -2.46. The molecule has 6 nitrogen and oxygen atoms in total. The van der Waals surface area contributed by atoms with Crippen LogP contribution in [-0.2, 0) is 14.3 Å². The summed E-state index contributed by atoms with van der Waals surface area (Å²) in [5.74, 6) is 1.06. The highest BCUT2D eigenvalue weighted by atomic mass is 16.6. The molecule has 1 amide bonds. The number of piperidine rings is 1. The Labute approximate surface area is 137 Å². The molecule has 1 aliphatic carbocycles. The summed E-state index contributed by atoms with van der Waals surface area (Å²) in [5, 5.41) is 8.76. The van der Waals surface area contributed by atoms with Crippen molar-refractivity contribution in [2.75, 3.05) is 20.3 Å². The number of nitriles is 1. The summed E-state index contributed by atoms with van der Waals surface area (Å²) < 4.78 is 9.99. The monoisotopic (exact) mass is 322 g/mol. The number of methoxy groups -OCH3 is 1. The van der Waals surface area contributed by atoms with Crippen LogP contribution >= 0.6 is 0 Å². The Morgan fingerprint density at radius 2 is 2.04 bits per heavy atom. The number of fused-ring (bicyclic) bond motifs is 1. The summed E-state index contributed by atoms with van der Waals surface area (Å²) in [4.78, 5) is 25.8. The molecule has 0 aromatic rings. The highest BCUT2D eigenvalue weighted by molar-refractivity contribution is 5.81. The van der Waals surface area contributed by atoms with Crippen LogP contribution in [0.15, 0.2) is 0 Å². The van der Waals surface area contributed by atoms with Crippen molar-refractivity contribution in [3.8, 4) is 6.07 Å². The molecular formula is C17H26N2O4. The number of carbonyl (C=O) groups excluding carboxylic acids is 2. The Kier molecular flexibility index (Phi) is 6.26. The lowest BCUT2D eigenvalue weighted by molar-refractivity contribution is -0.152. The molecule has 0 aromatic carbocycles. The third kappa shape index (κ3) is 4.15. The van der Waals surface area contributed by atoms with Gasteiger partial charge in [-0.3, -0.25) is 4.90 Å². The lowest BCUT2D eigenvalue weighted by atomic mass is 9.68. The molecule has 0 aromatic heterocycles. The number of rotatable bonds is 4. The summed E-state index contributed by atoms with van der Waals surface area (Å²) in [6, 6.07) is 1.67. The van der Waals surface area contributed by atoms with E-state index in [1.807, 2.05) is 0 Å². The average molecular weight is 322 g/mol. The quantitative estimate of drug-likeness (QED) is 0.744. The van der Waals surface area contributed by atoms with Crippen LogP contribution in [0.2, 0.25) is 0 Å². The second kappa shape index (κ2) is 8.19. The fraction of sp³-hybridized carbons (Fsp3) is 0.824. The molecule has 0 bridgehead atoms. The van der Waals surface area contributed by atoms with Crippen LogP contribution in [0.5, 0.6) is 0 Å². The van der Waals surface area contributed by atoms with Gasteiger partial charge in [0, 0.05) is 13.0 Å². The molecule has 1 heterocycles. The number of ether oxygens (including phenoxy) is 2. The molecule has 0 radical (unpaired) electrons. The van der Waals surface area contributed by atoms with E-state index in [-0.39, 0.29) is 5.97 Å². The summed E-state index contributed by atoms with van der Waals surface area (Å²) in [5.41, 5.74) is 0. The van der Waals surface area contributed by atoms with Crippen LogP contribution in [0.25, 0.3) is 0 Å². The molecule has 4 atom stereocenters. The molecule has 0 spiro atoms. The number of esters is 1. The van der Waals surface area contributed by atoms with Gasteiger partial charge in [-0.2, -0.15) is 5.26 Å². The molecule has 0 N–H and O–H groups in total. The van der Waals surface area contributed by atoms with E-state index in [1.54, 1.807) is 6.92 Å². The van der Waals surface area contributed by atoms with E-state index in [9.17, 15) is 9.59 Å². The van der Waals surface area contributed by atoms with Crippen molar-refractivity contribution in [2.45, 2.75) is 51.5 Å². The van der Waals surface area contributed by atoms with Gasteiger partial charge in [0.15, 0.2) is 0 Å². The van der Waals surface area contributed by atoms with Crippen LogP contribution in [0.4, 0.5) is 4.79 Å². The average Bonchev–Trinajstić information content (AvgIpc) is 2.58. The fourth-order valence-electron chi connectivity index (χ4n) is 4.06. The van der Waals surface area contributed by atoms with E-state index in [1.165, 1.54) is 12.0 Å². The topological polar surface area (TPSA) is 79.6 Å². The summed E-state index contributed by atoms with van der Waals surface area (Å²) in [6.45, 7) is 2.64. The number of amides is 1. The van der Waals surface area contributed by atoms with Crippen LogP contribution in [0, 0.1) is 29.1 Å².